The highest BCUT2D eigenvalue weighted by atomic mass is 16.2. The molecule has 1 aliphatic carbocycles. The lowest BCUT2D eigenvalue weighted by Gasteiger charge is -2.26. The first-order valence-corrected chi connectivity index (χ1v) is 13.6. The number of likely N-dealkylation sites (N-methyl/N-ethyl adjacent to an activating group) is 1. The van der Waals surface area contributed by atoms with Crippen molar-refractivity contribution in [2.45, 2.75) is 57.5 Å². The highest BCUT2D eigenvalue weighted by Crippen LogP contribution is 2.28. The Balaban J connectivity index is 1.32. The highest BCUT2D eigenvalue weighted by Gasteiger charge is 2.25. The Morgan fingerprint density at radius 2 is 1.69 bits per heavy atom. The maximum Gasteiger partial charge on any atom is 0.256 e. The van der Waals surface area contributed by atoms with Gasteiger partial charge in [-0.15, -0.1) is 0 Å². The molecule has 9 nitrogen and oxygen atoms in total. The second kappa shape index (κ2) is 13.1. The highest BCUT2D eigenvalue weighted by molar-refractivity contribution is 5.99. The van der Waals surface area contributed by atoms with Crippen molar-refractivity contribution in [3.8, 4) is 5.69 Å². The summed E-state index contributed by atoms with van der Waals surface area (Å²) < 4.78 is 1.52. The fourth-order valence-corrected chi connectivity index (χ4v) is 5.05. The third kappa shape index (κ3) is 7.25. The van der Waals surface area contributed by atoms with E-state index in [-0.39, 0.29) is 30.1 Å². The van der Waals surface area contributed by atoms with Gasteiger partial charge < -0.3 is 21.3 Å². The minimum Gasteiger partial charge on any atom is -0.383 e. The van der Waals surface area contributed by atoms with Gasteiger partial charge >= 0.3 is 0 Å². The number of para-hydroxylation sites is 1. The van der Waals surface area contributed by atoms with E-state index in [0.717, 1.165) is 17.7 Å². The lowest BCUT2D eigenvalue weighted by atomic mass is 9.85. The van der Waals surface area contributed by atoms with E-state index in [0.29, 0.717) is 23.5 Å². The van der Waals surface area contributed by atoms with Crippen LogP contribution in [0.2, 0.25) is 0 Å². The van der Waals surface area contributed by atoms with Crippen LogP contribution in [0, 0.1) is 5.92 Å². The van der Waals surface area contributed by atoms with Gasteiger partial charge in [-0.25, -0.2) is 4.68 Å². The standard InChI is InChI=1S/C30H38N6O3/c1-35(2)30(39)26(18-15-21-9-5-3-6-10-21)34-28(37)23-16-13-22(14-17-23)19-32-29(38)25-20-33-36(27(25)31)24-11-7-4-8-12-24/h4,7-8,11-14,16-17,20-21,26H,3,5-6,9-10,15,18-19,31H2,1-2H3,(H,32,38)(H,34,37)/t26-/m0/s1. The largest absolute Gasteiger partial charge is 0.383 e. The molecule has 2 aromatic carbocycles. The number of carbonyl (C=O) groups excluding carboxylic acids is 3. The van der Waals surface area contributed by atoms with E-state index in [1.165, 1.54) is 47.9 Å². The Bertz CT molecular complexity index is 1260. The van der Waals surface area contributed by atoms with Crippen LogP contribution in [0.15, 0.2) is 60.8 Å². The third-order valence-electron chi connectivity index (χ3n) is 7.35. The fraction of sp³-hybridized carbons (Fsp3) is 0.400. The SMILES string of the molecule is CN(C)C(=O)[C@H](CCC1CCCCC1)NC(=O)c1ccc(CNC(=O)c2cnn(-c3ccccc3)c2N)cc1. The van der Waals surface area contributed by atoms with Gasteiger partial charge in [0, 0.05) is 26.2 Å². The van der Waals surface area contributed by atoms with E-state index in [4.69, 9.17) is 5.73 Å². The molecule has 0 spiro atoms. The van der Waals surface area contributed by atoms with Gasteiger partial charge in [0.15, 0.2) is 0 Å². The monoisotopic (exact) mass is 530 g/mol. The molecule has 3 aromatic rings. The van der Waals surface area contributed by atoms with Gasteiger partial charge in [-0.05, 0) is 48.6 Å². The molecular formula is C30H38N6O3. The molecule has 0 radical (unpaired) electrons. The first-order valence-electron chi connectivity index (χ1n) is 13.6. The molecule has 1 fully saturated rings. The predicted molar refractivity (Wildman–Crippen MR) is 151 cm³/mol. The molecule has 0 unspecified atom stereocenters. The number of benzene rings is 2. The summed E-state index contributed by atoms with van der Waals surface area (Å²) in [6.07, 6.45) is 9.24. The number of carbonyl (C=O) groups is 3. The third-order valence-corrected chi connectivity index (χ3v) is 7.35. The van der Waals surface area contributed by atoms with E-state index in [2.05, 4.69) is 15.7 Å². The molecule has 0 saturated heterocycles. The quantitative estimate of drug-likeness (QED) is 0.367. The Hall–Kier alpha value is -4.14. The number of nitrogens with one attached hydrogen (secondary N) is 2. The van der Waals surface area contributed by atoms with Gasteiger partial charge in [0.25, 0.3) is 11.8 Å². The number of nitrogens with zero attached hydrogens (tertiary/aromatic N) is 3. The van der Waals surface area contributed by atoms with E-state index in [1.54, 1.807) is 38.4 Å². The number of nitrogens with two attached hydrogens (primary N) is 1. The molecule has 4 N–H and O–H groups in total. The first kappa shape index (κ1) is 27.9. The average Bonchev–Trinajstić information content (AvgIpc) is 3.35. The van der Waals surface area contributed by atoms with Gasteiger partial charge in [-0.1, -0.05) is 62.4 Å². The number of nitrogen functional groups attached to an aromatic ring is 1. The molecule has 1 atom stereocenters. The maximum absolute atomic E-state index is 13.0. The number of hydrogen-bond acceptors (Lipinski definition) is 5. The van der Waals surface area contributed by atoms with Crippen LogP contribution in [-0.2, 0) is 11.3 Å². The van der Waals surface area contributed by atoms with Gasteiger partial charge in [-0.3, -0.25) is 14.4 Å². The summed E-state index contributed by atoms with van der Waals surface area (Å²) in [7, 11) is 3.43. The van der Waals surface area contributed by atoms with Crippen molar-refractivity contribution in [2.75, 3.05) is 19.8 Å². The van der Waals surface area contributed by atoms with Crippen LogP contribution in [-0.4, -0.2) is 52.5 Å². The molecular weight excluding hydrogens is 492 g/mol. The number of anilines is 1. The van der Waals surface area contributed by atoms with Crippen LogP contribution in [0.25, 0.3) is 5.69 Å². The predicted octanol–water partition coefficient (Wildman–Crippen LogP) is 3.93. The van der Waals surface area contributed by atoms with E-state index in [9.17, 15) is 14.4 Å². The normalized spacial score (nSPS) is 14.4. The van der Waals surface area contributed by atoms with Gasteiger partial charge in [0.05, 0.1) is 11.9 Å². The molecule has 1 aromatic heterocycles. The van der Waals surface area contributed by atoms with Crippen LogP contribution >= 0.6 is 0 Å². The molecule has 0 aliphatic heterocycles. The number of amides is 3. The number of aromatic nitrogens is 2. The molecule has 9 heteroatoms. The van der Waals surface area contributed by atoms with Gasteiger partial charge in [-0.2, -0.15) is 5.10 Å². The Labute approximate surface area is 229 Å². The lowest BCUT2D eigenvalue weighted by Crippen LogP contribution is -2.46. The van der Waals surface area contributed by atoms with Crippen LogP contribution in [0.3, 0.4) is 0 Å². The summed E-state index contributed by atoms with van der Waals surface area (Å²) in [5, 5.41) is 10.0. The van der Waals surface area contributed by atoms with Crippen molar-refractivity contribution in [3.63, 3.8) is 0 Å². The Morgan fingerprint density at radius 1 is 1.00 bits per heavy atom. The van der Waals surface area contributed by atoms with Crippen molar-refractivity contribution in [2.24, 2.45) is 5.92 Å². The summed E-state index contributed by atoms with van der Waals surface area (Å²) in [6, 6.07) is 15.8. The molecule has 206 valence electrons. The maximum atomic E-state index is 13.0. The van der Waals surface area contributed by atoms with Crippen molar-refractivity contribution in [1.29, 1.82) is 0 Å². The second-order valence-corrected chi connectivity index (χ2v) is 10.4. The van der Waals surface area contributed by atoms with Crippen molar-refractivity contribution < 1.29 is 14.4 Å². The zero-order valence-corrected chi connectivity index (χ0v) is 22.7. The van der Waals surface area contributed by atoms with Gasteiger partial charge in [0.2, 0.25) is 5.91 Å². The molecule has 4 rings (SSSR count). The minimum atomic E-state index is -0.546. The molecule has 1 heterocycles. The van der Waals surface area contributed by atoms with E-state index < -0.39 is 6.04 Å². The Kier molecular flexibility index (Phi) is 9.35. The summed E-state index contributed by atoms with van der Waals surface area (Å²) in [5.41, 5.74) is 8.52. The van der Waals surface area contributed by atoms with Crippen LogP contribution in [0.5, 0.6) is 0 Å². The second-order valence-electron chi connectivity index (χ2n) is 10.4. The van der Waals surface area contributed by atoms with Crippen molar-refractivity contribution in [3.05, 3.63) is 77.5 Å². The summed E-state index contributed by atoms with van der Waals surface area (Å²) in [6.45, 7) is 0.264. The number of rotatable bonds is 10. The zero-order chi connectivity index (χ0) is 27.8. The van der Waals surface area contributed by atoms with E-state index in [1.807, 2.05) is 30.3 Å². The molecule has 3 amide bonds. The van der Waals surface area contributed by atoms with Crippen molar-refractivity contribution >= 4 is 23.5 Å². The summed E-state index contributed by atoms with van der Waals surface area (Å²) in [4.78, 5) is 40.0. The van der Waals surface area contributed by atoms with Crippen molar-refractivity contribution in [1.82, 2.24) is 25.3 Å². The summed E-state index contributed by atoms with van der Waals surface area (Å²) >= 11 is 0. The number of hydrogen-bond donors (Lipinski definition) is 3. The lowest BCUT2D eigenvalue weighted by molar-refractivity contribution is -0.131. The van der Waals surface area contributed by atoms with Crippen LogP contribution < -0.4 is 16.4 Å². The van der Waals surface area contributed by atoms with Crippen LogP contribution in [0.1, 0.15) is 71.2 Å². The molecule has 1 saturated carbocycles. The topological polar surface area (TPSA) is 122 Å². The molecule has 0 bridgehead atoms. The van der Waals surface area contributed by atoms with E-state index >= 15 is 0 Å². The summed E-state index contributed by atoms with van der Waals surface area (Å²) in [5.74, 6) is 0.185. The first-order chi connectivity index (χ1) is 18.8. The fourth-order valence-electron chi connectivity index (χ4n) is 5.05. The Morgan fingerprint density at radius 3 is 2.36 bits per heavy atom. The molecule has 39 heavy (non-hydrogen) atoms. The molecule has 1 aliphatic rings. The minimum absolute atomic E-state index is 0.0895. The zero-order valence-electron chi connectivity index (χ0n) is 22.7. The average molecular weight is 531 g/mol. The van der Waals surface area contributed by atoms with Crippen LogP contribution in [0.4, 0.5) is 5.82 Å². The van der Waals surface area contributed by atoms with Gasteiger partial charge in [0.1, 0.15) is 17.4 Å². The smallest absolute Gasteiger partial charge is 0.256 e.